The largest absolute Gasteiger partial charge is 0.444 e. The second kappa shape index (κ2) is 6.33. The van der Waals surface area contributed by atoms with Gasteiger partial charge in [0.2, 0.25) is 0 Å². The third-order valence-electron chi connectivity index (χ3n) is 3.52. The van der Waals surface area contributed by atoms with Crippen LogP contribution >= 0.6 is 0 Å². The fraction of sp³-hybridized carbons (Fsp3) is 0.938. The fourth-order valence-corrected chi connectivity index (χ4v) is 2.48. The Morgan fingerprint density at radius 2 is 1.65 bits per heavy atom. The molecular weight excluding hydrogens is 252 g/mol. The first-order valence-electron chi connectivity index (χ1n) is 7.73. The highest BCUT2D eigenvalue weighted by Gasteiger charge is 2.35. The average Bonchev–Trinajstić information content (AvgIpc) is 2.70. The Morgan fingerprint density at radius 3 is 2.10 bits per heavy atom. The predicted molar refractivity (Wildman–Crippen MR) is 82.9 cm³/mol. The van der Waals surface area contributed by atoms with Crippen LogP contribution in [0, 0.1) is 5.41 Å². The molecule has 4 nitrogen and oxygen atoms in total. The number of carbonyl (C=O) groups excluding carboxylic acids is 1. The van der Waals surface area contributed by atoms with E-state index in [2.05, 4.69) is 31.4 Å². The summed E-state index contributed by atoms with van der Waals surface area (Å²) in [6.07, 6.45) is 4.39. The molecule has 118 valence electrons. The van der Waals surface area contributed by atoms with Gasteiger partial charge >= 0.3 is 6.09 Å². The molecule has 1 aliphatic rings. The number of amides is 1. The Morgan fingerprint density at radius 1 is 1.10 bits per heavy atom. The molecular formula is C16H32N2O2. The van der Waals surface area contributed by atoms with Crippen LogP contribution in [0.3, 0.4) is 0 Å². The van der Waals surface area contributed by atoms with E-state index in [4.69, 9.17) is 4.74 Å². The molecule has 0 aliphatic heterocycles. The van der Waals surface area contributed by atoms with Gasteiger partial charge in [-0.2, -0.15) is 0 Å². The van der Waals surface area contributed by atoms with Gasteiger partial charge in [0.05, 0.1) is 0 Å². The third-order valence-corrected chi connectivity index (χ3v) is 3.52. The zero-order chi connectivity index (χ0) is 15.4. The second-order valence-corrected chi connectivity index (χ2v) is 8.26. The highest BCUT2D eigenvalue weighted by atomic mass is 16.6. The molecule has 0 atom stereocenters. The van der Waals surface area contributed by atoms with Crippen molar-refractivity contribution in [2.75, 3.05) is 13.1 Å². The van der Waals surface area contributed by atoms with E-state index in [0.717, 1.165) is 19.4 Å². The van der Waals surface area contributed by atoms with Crippen LogP contribution in [0.1, 0.15) is 67.2 Å². The SMILES string of the molecule is CC(C)(C)CNC1(CNC(=O)OC(C)(C)C)CCCC1. The highest BCUT2D eigenvalue weighted by Crippen LogP contribution is 2.30. The summed E-state index contributed by atoms with van der Waals surface area (Å²) in [5, 5.41) is 6.62. The molecule has 0 radical (unpaired) electrons. The number of nitrogens with one attached hydrogen (secondary N) is 2. The highest BCUT2D eigenvalue weighted by molar-refractivity contribution is 5.67. The van der Waals surface area contributed by atoms with Gasteiger partial charge in [-0.15, -0.1) is 0 Å². The fourth-order valence-electron chi connectivity index (χ4n) is 2.48. The van der Waals surface area contributed by atoms with E-state index in [0.29, 0.717) is 6.54 Å². The Hall–Kier alpha value is -0.770. The summed E-state index contributed by atoms with van der Waals surface area (Å²) in [6.45, 7) is 13.9. The summed E-state index contributed by atoms with van der Waals surface area (Å²) < 4.78 is 5.31. The molecule has 0 bridgehead atoms. The van der Waals surface area contributed by atoms with Crippen molar-refractivity contribution in [2.24, 2.45) is 5.41 Å². The van der Waals surface area contributed by atoms with Crippen molar-refractivity contribution >= 4 is 6.09 Å². The standard InChI is InChI=1S/C16H32N2O2/c1-14(2,3)11-18-16(9-7-8-10-16)12-17-13(19)20-15(4,5)6/h18H,7-12H2,1-6H3,(H,17,19). The predicted octanol–water partition coefficient (Wildman–Crippen LogP) is 3.46. The van der Waals surface area contributed by atoms with E-state index in [1.54, 1.807) is 0 Å². The molecule has 1 rings (SSSR count). The van der Waals surface area contributed by atoms with Crippen molar-refractivity contribution in [1.29, 1.82) is 0 Å². The van der Waals surface area contributed by atoms with E-state index in [1.165, 1.54) is 12.8 Å². The summed E-state index contributed by atoms with van der Waals surface area (Å²) >= 11 is 0. The van der Waals surface area contributed by atoms with Crippen LogP contribution in [0.15, 0.2) is 0 Å². The van der Waals surface area contributed by atoms with Gasteiger partial charge in [-0.1, -0.05) is 33.6 Å². The van der Waals surface area contributed by atoms with E-state index >= 15 is 0 Å². The maximum absolute atomic E-state index is 11.8. The molecule has 2 N–H and O–H groups in total. The summed E-state index contributed by atoms with van der Waals surface area (Å²) in [4.78, 5) is 11.8. The van der Waals surface area contributed by atoms with E-state index in [9.17, 15) is 4.79 Å². The van der Waals surface area contributed by atoms with Gasteiger partial charge < -0.3 is 15.4 Å². The lowest BCUT2D eigenvalue weighted by atomic mass is 9.92. The van der Waals surface area contributed by atoms with Crippen molar-refractivity contribution in [2.45, 2.75) is 78.4 Å². The lowest BCUT2D eigenvalue weighted by Gasteiger charge is -2.34. The number of hydrogen-bond donors (Lipinski definition) is 2. The van der Waals surface area contributed by atoms with Gasteiger partial charge in [0, 0.05) is 18.6 Å². The van der Waals surface area contributed by atoms with Crippen LogP contribution in [0.5, 0.6) is 0 Å². The molecule has 4 heteroatoms. The van der Waals surface area contributed by atoms with Crippen LogP contribution in [-0.4, -0.2) is 30.3 Å². The molecule has 0 unspecified atom stereocenters. The van der Waals surface area contributed by atoms with Gasteiger partial charge in [-0.05, 0) is 39.0 Å². The smallest absolute Gasteiger partial charge is 0.407 e. The van der Waals surface area contributed by atoms with Gasteiger partial charge in [0.25, 0.3) is 0 Å². The minimum atomic E-state index is -0.439. The minimum absolute atomic E-state index is 0.0458. The average molecular weight is 284 g/mol. The molecule has 0 aromatic heterocycles. The van der Waals surface area contributed by atoms with Gasteiger partial charge in [-0.3, -0.25) is 0 Å². The van der Waals surface area contributed by atoms with Crippen LogP contribution in [0.25, 0.3) is 0 Å². The van der Waals surface area contributed by atoms with Crippen molar-refractivity contribution in [3.05, 3.63) is 0 Å². The quantitative estimate of drug-likeness (QED) is 0.831. The number of ether oxygens (including phenoxy) is 1. The number of carbonyl (C=O) groups is 1. The molecule has 0 aromatic carbocycles. The molecule has 1 amide bonds. The first kappa shape index (κ1) is 17.3. The molecule has 0 aromatic rings. The zero-order valence-corrected chi connectivity index (χ0v) is 14.1. The molecule has 1 aliphatic carbocycles. The number of alkyl carbamates (subject to hydrolysis) is 1. The van der Waals surface area contributed by atoms with Crippen molar-refractivity contribution in [3.8, 4) is 0 Å². The van der Waals surface area contributed by atoms with Crippen LogP contribution in [0.2, 0.25) is 0 Å². The Labute approximate surface area is 124 Å². The van der Waals surface area contributed by atoms with Gasteiger partial charge in [0.15, 0.2) is 0 Å². The van der Waals surface area contributed by atoms with Gasteiger partial charge in [-0.25, -0.2) is 4.79 Å². The summed E-state index contributed by atoms with van der Waals surface area (Å²) in [7, 11) is 0. The number of rotatable bonds is 4. The van der Waals surface area contributed by atoms with Crippen LogP contribution in [0.4, 0.5) is 4.79 Å². The maximum atomic E-state index is 11.8. The van der Waals surface area contributed by atoms with Crippen molar-refractivity contribution in [3.63, 3.8) is 0 Å². The molecule has 0 heterocycles. The third kappa shape index (κ3) is 6.60. The summed E-state index contributed by atoms with van der Waals surface area (Å²) in [5.41, 5.74) is -0.141. The summed E-state index contributed by atoms with van der Waals surface area (Å²) in [6, 6.07) is 0. The second-order valence-electron chi connectivity index (χ2n) is 8.26. The molecule has 1 saturated carbocycles. The zero-order valence-electron chi connectivity index (χ0n) is 14.1. The van der Waals surface area contributed by atoms with Crippen molar-refractivity contribution in [1.82, 2.24) is 10.6 Å². The minimum Gasteiger partial charge on any atom is -0.444 e. The topological polar surface area (TPSA) is 50.4 Å². The molecule has 20 heavy (non-hydrogen) atoms. The number of hydrogen-bond acceptors (Lipinski definition) is 3. The van der Waals surface area contributed by atoms with E-state index in [-0.39, 0.29) is 17.0 Å². The monoisotopic (exact) mass is 284 g/mol. The normalized spacial score (nSPS) is 18.9. The van der Waals surface area contributed by atoms with Crippen molar-refractivity contribution < 1.29 is 9.53 Å². The van der Waals surface area contributed by atoms with E-state index < -0.39 is 5.60 Å². The Bertz CT molecular complexity index is 320. The van der Waals surface area contributed by atoms with Gasteiger partial charge in [0.1, 0.15) is 5.60 Å². The molecule has 0 spiro atoms. The molecule has 0 saturated heterocycles. The maximum Gasteiger partial charge on any atom is 0.407 e. The lowest BCUT2D eigenvalue weighted by Crippen LogP contribution is -2.54. The van der Waals surface area contributed by atoms with Crippen LogP contribution in [-0.2, 0) is 4.74 Å². The Kier molecular flexibility index (Phi) is 5.47. The first-order valence-corrected chi connectivity index (χ1v) is 7.73. The summed E-state index contributed by atoms with van der Waals surface area (Å²) in [5.74, 6) is 0. The van der Waals surface area contributed by atoms with E-state index in [1.807, 2.05) is 20.8 Å². The Balaban J connectivity index is 2.49. The lowest BCUT2D eigenvalue weighted by molar-refractivity contribution is 0.0508. The molecule has 1 fully saturated rings. The first-order chi connectivity index (χ1) is 9.02. The van der Waals surface area contributed by atoms with Crippen LogP contribution < -0.4 is 10.6 Å².